The normalized spacial score (nSPS) is 11.7. The van der Waals surface area contributed by atoms with Crippen molar-refractivity contribution in [1.29, 1.82) is 0 Å². The molecule has 0 atom stereocenters. The molecule has 0 saturated heterocycles. The van der Waals surface area contributed by atoms with Crippen molar-refractivity contribution in [3.05, 3.63) is 29.6 Å². The molecule has 2 N–H and O–H groups in total. The van der Waals surface area contributed by atoms with Crippen LogP contribution in [0.1, 0.15) is 12.5 Å². The van der Waals surface area contributed by atoms with Gasteiger partial charge in [0, 0.05) is 12.1 Å². The lowest BCUT2D eigenvalue weighted by atomic mass is 10.2. The lowest BCUT2D eigenvalue weighted by Crippen LogP contribution is -2.19. The van der Waals surface area contributed by atoms with Gasteiger partial charge in [0.15, 0.2) is 0 Å². The Morgan fingerprint density at radius 1 is 1.38 bits per heavy atom. The summed E-state index contributed by atoms with van der Waals surface area (Å²) in [5.41, 5.74) is 0.346. The highest BCUT2D eigenvalue weighted by Crippen LogP contribution is 2.14. The smallest absolute Gasteiger partial charge is 0.240 e. The third-order valence-electron chi connectivity index (χ3n) is 2.16. The van der Waals surface area contributed by atoms with Crippen molar-refractivity contribution in [2.75, 3.05) is 13.6 Å². The highest BCUT2D eigenvalue weighted by molar-refractivity contribution is 7.89. The molecule has 0 radical (unpaired) electrons. The molecular formula is C10H15FN2O2S. The standard InChI is InChI=1S/C10H15FN2O2S/c1-3-13-7-8-6-9(4-5-10(8)11)16(14,15)12-2/h4-6,12-13H,3,7H2,1-2H3. The van der Waals surface area contributed by atoms with E-state index < -0.39 is 15.8 Å². The van der Waals surface area contributed by atoms with E-state index in [-0.39, 0.29) is 4.90 Å². The molecule has 0 aliphatic heterocycles. The molecule has 0 aliphatic rings. The first-order valence-electron chi connectivity index (χ1n) is 4.94. The van der Waals surface area contributed by atoms with Crippen molar-refractivity contribution in [2.24, 2.45) is 0 Å². The summed E-state index contributed by atoms with van der Waals surface area (Å²) < 4.78 is 38.5. The van der Waals surface area contributed by atoms with Gasteiger partial charge in [0.05, 0.1) is 4.90 Å². The average molecular weight is 246 g/mol. The van der Waals surface area contributed by atoms with Crippen LogP contribution in [0, 0.1) is 5.82 Å². The van der Waals surface area contributed by atoms with Gasteiger partial charge in [-0.3, -0.25) is 0 Å². The van der Waals surface area contributed by atoms with Crippen LogP contribution in [0.2, 0.25) is 0 Å². The Balaban J connectivity index is 3.07. The van der Waals surface area contributed by atoms with Gasteiger partial charge in [-0.25, -0.2) is 17.5 Å². The SMILES string of the molecule is CCNCc1cc(S(=O)(=O)NC)ccc1F. The van der Waals surface area contributed by atoms with E-state index in [2.05, 4.69) is 10.0 Å². The highest BCUT2D eigenvalue weighted by Gasteiger charge is 2.13. The van der Waals surface area contributed by atoms with Crippen LogP contribution in [-0.2, 0) is 16.6 Å². The third-order valence-corrected chi connectivity index (χ3v) is 3.57. The predicted octanol–water partition coefficient (Wildman–Crippen LogP) is 0.843. The van der Waals surface area contributed by atoms with Gasteiger partial charge in [-0.15, -0.1) is 0 Å². The summed E-state index contributed by atoms with van der Waals surface area (Å²) in [6, 6.07) is 3.75. The third kappa shape index (κ3) is 3.01. The van der Waals surface area contributed by atoms with Crippen molar-refractivity contribution >= 4 is 10.0 Å². The first-order chi connectivity index (χ1) is 7.51. The fourth-order valence-electron chi connectivity index (χ4n) is 1.23. The first kappa shape index (κ1) is 13.1. The Morgan fingerprint density at radius 3 is 2.62 bits per heavy atom. The summed E-state index contributed by atoms with van der Waals surface area (Å²) in [6.45, 7) is 2.91. The molecule has 0 spiro atoms. The molecule has 6 heteroatoms. The molecule has 0 fully saturated rings. The van der Waals surface area contributed by atoms with Crippen LogP contribution in [0.3, 0.4) is 0 Å². The van der Waals surface area contributed by atoms with Crippen LogP contribution in [0.25, 0.3) is 0 Å². The van der Waals surface area contributed by atoms with E-state index in [4.69, 9.17) is 0 Å². The highest BCUT2D eigenvalue weighted by atomic mass is 32.2. The van der Waals surface area contributed by atoms with Crippen molar-refractivity contribution in [1.82, 2.24) is 10.0 Å². The Hall–Kier alpha value is -0.980. The van der Waals surface area contributed by atoms with Crippen molar-refractivity contribution < 1.29 is 12.8 Å². The van der Waals surface area contributed by atoms with Gasteiger partial charge in [-0.1, -0.05) is 6.92 Å². The molecule has 16 heavy (non-hydrogen) atoms. The van der Waals surface area contributed by atoms with Crippen LogP contribution >= 0.6 is 0 Å². The molecule has 1 aromatic carbocycles. The van der Waals surface area contributed by atoms with Crippen LogP contribution in [0.15, 0.2) is 23.1 Å². The minimum absolute atomic E-state index is 0.0734. The largest absolute Gasteiger partial charge is 0.313 e. The number of nitrogens with one attached hydrogen (secondary N) is 2. The monoisotopic (exact) mass is 246 g/mol. The molecule has 90 valence electrons. The molecule has 0 unspecified atom stereocenters. The zero-order chi connectivity index (χ0) is 12.2. The maximum Gasteiger partial charge on any atom is 0.240 e. The van der Waals surface area contributed by atoms with Gasteiger partial charge in [0.1, 0.15) is 5.82 Å². The number of rotatable bonds is 5. The maximum absolute atomic E-state index is 13.3. The van der Waals surface area contributed by atoms with E-state index in [9.17, 15) is 12.8 Å². The number of hydrogen-bond acceptors (Lipinski definition) is 3. The topological polar surface area (TPSA) is 58.2 Å². The van der Waals surface area contributed by atoms with Crippen LogP contribution in [-0.4, -0.2) is 22.0 Å². The predicted molar refractivity (Wildman–Crippen MR) is 60.0 cm³/mol. The minimum Gasteiger partial charge on any atom is -0.313 e. The molecule has 0 aliphatic carbocycles. The molecule has 0 aromatic heterocycles. The summed E-state index contributed by atoms with van der Waals surface area (Å²) in [5, 5.41) is 2.95. The van der Waals surface area contributed by atoms with Crippen LogP contribution in [0.4, 0.5) is 4.39 Å². The van der Waals surface area contributed by atoms with Crippen LogP contribution < -0.4 is 10.0 Å². The fraction of sp³-hybridized carbons (Fsp3) is 0.400. The molecule has 0 amide bonds. The molecule has 4 nitrogen and oxygen atoms in total. The maximum atomic E-state index is 13.3. The zero-order valence-corrected chi connectivity index (χ0v) is 10.1. The number of halogens is 1. The van der Waals surface area contributed by atoms with E-state index in [1.165, 1.54) is 19.2 Å². The molecule has 0 bridgehead atoms. The first-order valence-corrected chi connectivity index (χ1v) is 6.42. The Bertz CT molecular complexity index is 460. The Kier molecular flexibility index (Phi) is 4.40. The van der Waals surface area contributed by atoms with Crippen LogP contribution in [0.5, 0.6) is 0 Å². The van der Waals surface area contributed by atoms with E-state index in [0.717, 1.165) is 6.07 Å². The van der Waals surface area contributed by atoms with E-state index in [1.807, 2.05) is 6.92 Å². The van der Waals surface area contributed by atoms with Gasteiger partial charge in [-0.05, 0) is 31.8 Å². The second-order valence-corrected chi connectivity index (χ2v) is 5.13. The minimum atomic E-state index is -3.51. The summed E-state index contributed by atoms with van der Waals surface area (Å²) in [4.78, 5) is 0.0734. The van der Waals surface area contributed by atoms with Gasteiger partial charge >= 0.3 is 0 Å². The molecule has 1 aromatic rings. The number of hydrogen-bond donors (Lipinski definition) is 2. The number of benzene rings is 1. The second kappa shape index (κ2) is 5.38. The summed E-state index contributed by atoms with van der Waals surface area (Å²) in [7, 11) is -2.18. The lowest BCUT2D eigenvalue weighted by Gasteiger charge is -2.07. The zero-order valence-electron chi connectivity index (χ0n) is 9.25. The van der Waals surface area contributed by atoms with Gasteiger partial charge in [0.2, 0.25) is 10.0 Å². The second-order valence-electron chi connectivity index (χ2n) is 3.24. The molecule has 1 rings (SSSR count). The molecule has 0 heterocycles. The summed E-state index contributed by atoms with van der Waals surface area (Å²) in [6.07, 6.45) is 0. The fourth-order valence-corrected chi connectivity index (χ4v) is 2.01. The van der Waals surface area contributed by atoms with Crippen molar-refractivity contribution in [2.45, 2.75) is 18.4 Å². The Morgan fingerprint density at radius 2 is 2.06 bits per heavy atom. The van der Waals surface area contributed by atoms with Gasteiger partial charge in [0.25, 0.3) is 0 Å². The van der Waals surface area contributed by atoms with Gasteiger partial charge in [-0.2, -0.15) is 0 Å². The molecule has 0 saturated carbocycles. The van der Waals surface area contributed by atoms with Crippen molar-refractivity contribution in [3.8, 4) is 0 Å². The van der Waals surface area contributed by atoms with Crippen molar-refractivity contribution in [3.63, 3.8) is 0 Å². The van der Waals surface area contributed by atoms with E-state index >= 15 is 0 Å². The quantitative estimate of drug-likeness (QED) is 0.809. The summed E-state index contributed by atoms with van der Waals surface area (Å²) >= 11 is 0. The lowest BCUT2D eigenvalue weighted by molar-refractivity contribution is 0.581. The summed E-state index contributed by atoms with van der Waals surface area (Å²) in [5.74, 6) is -0.406. The molecular weight excluding hydrogens is 231 g/mol. The van der Waals surface area contributed by atoms with E-state index in [1.54, 1.807) is 0 Å². The average Bonchev–Trinajstić information content (AvgIpc) is 2.27. The van der Waals surface area contributed by atoms with Gasteiger partial charge < -0.3 is 5.32 Å². The number of sulfonamides is 1. The van der Waals surface area contributed by atoms with E-state index in [0.29, 0.717) is 18.7 Å². The Labute approximate surface area is 94.9 Å².